The summed E-state index contributed by atoms with van der Waals surface area (Å²) >= 11 is 5.13. The number of ether oxygens (including phenoxy) is 1. The van der Waals surface area contributed by atoms with Gasteiger partial charge in [-0.2, -0.15) is 0 Å². The van der Waals surface area contributed by atoms with Gasteiger partial charge in [-0.05, 0) is 54.4 Å². The second-order valence-electron chi connectivity index (χ2n) is 6.54. The Hall–Kier alpha value is -3.58. The van der Waals surface area contributed by atoms with Gasteiger partial charge in [0.05, 0.1) is 12.3 Å². The molecule has 0 bridgehead atoms. The molecule has 0 atom stereocenters. The molecule has 0 radical (unpaired) electrons. The van der Waals surface area contributed by atoms with E-state index in [2.05, 4.69) is 5.32 Å². The van der Waals surface area contributed by atoms with Crippen LogP contribution in [0.4, 0.5) is 10.1 Å². The molecule has 4 rings (SSSR count). The van der Waals surface area contributed by atoms with Crippen molar-refractivity contribution in [2.24, 2.45) is 0 Å². The van der Waals surface area contributed by atoms with E-state index in [-0.39, 0.29) is 16.4 Å². The topological polar surface area (TPSA) is 58.6 Å². The van der Waals surface area contributed by atoms with Crippen molar-refractivity contribution in [3.8, 4) is 5.75 Å². The monoisotopic (exact) mass is 420 g/mol. The first-order chi connectivity index (χ1) is 14.5. The Labute approximate surface area is 177 Å². The molecule has 1 aliphatic rings. The number of thiocarbonyl (C=S) groups is 1. The van der Waals surface area contributed by atoms with E-state index < -0.39 is 17.6 Å². The van der Waals surface area contributed by atoms with Gasteiger partial charge in [-0.15, -0.1) is 0 Å². The molecule has 3 aromatic carbocycles. The number of rotatable bonds is 4. The van der Waals surface area contributed by atoms with Crippen LogP contribution in [-0.4, -0.2) is 23.5 Å². The van der Waals surface area contributed by atoms with Crippen molar-refractivity contribution in [1.82, 2.24) is 5.32 Å². The standard InChI is InChI=1S/C23H17FN2O3S/c1-2-29-20-12-11-14(15-7-3-4-8-16(15)20)13-17-21(27)25-23(30)26(22(17)28)19-10-6-5-9-18(19)24/h3-13H,2H2,1H3,(H,25,27,30). The van der Waals surface area contributed by atoms with E-state index >= 15 is 0 Å². The van der Waals surface area contributed by atoms with Crippen LogP contribution < -0.4 is 15.0 Å². The van der Waals surface area contributed by atoms with Crippen LogP contribution in [0.5, 0.6) is 5.75 Å². The largest absolute Gasteiger partial charge is 0.493 e. The fourth-order valence-electron chi connectivity index (χ4n) is 3.37. The molecule has 1 saturated heterocycles. The third-order valence-electron chi connectivity index (χ3n) is 4.71. The van der Waals surface area contributed by atoms with Gasteiger partial charge in [0.1, 0.15) is 17.1 Å². The van der Waals surface area contributed by atoms with Crippen LogP contribution in [0.3, 0.4) is 0 Å². The Bertz CT molecular complexity index is 1220. The number of fused-ring (bicyclic) bond motifs is 1. The van der Waals surface area contributed by atoms with E-state index in [9.17, 15) is 14.0 Å². The van der Waals surface area contributed by atoms with Gasteiger partial charge >= 0.3 is 0 Å². The van der Waals surface area contributed by atoms with Crippen molar-refractivity contribution in [1.29, 1.82) is 0 Å². The van der Waals surface area contributed by atoms with Gasteiger partial charge < -0.3 is 4.74 Å². The van der Waals surface area contributed by atoms with Crippen LogP contribution in [-0.2, 0) is 9.59 Å². The first kappa shape index (κ1) is 19.7. The molecule has 0 spiro atoms. The lowest BCUT2D eigenvalue weighted by Crippen LogP contribution is -2.54. The lowest BCUT2D eigenvalue weighted by molar-refractivity contribution is -0.122. The number of benzene rings is 3. The molecule has 0 unspecified atom stereocenters. The fraction of sp³-hybridized carbons (Fsp3) is 0.0870. The number of hydrogen-bond donors (Lipinski definition) is 1. The average molecular weight is 420 g/mol. The number of amides is 2. The van der Waals surface area contributed by atoms with Gasteiger partial charge in [-0.25, -0.2) is 9.29 Å². The van der Waals surface area contributed by atoms with Crippen LogP contribution in [0.1, 0.15) is 12.5 Å². The Morgan fingerprint density at radius 1 is 1.03 bits per heavy atom. The smallest absolute Gasteiger partial charge is 0.270 e. The van der Waals surface area contributed by atoms with Crippen LogP contribution in [0, 0.1) is 5.82 Å². The molecule has 2 amide bonds. The molecule has 150 valence electrons. The first-order valence-corrected chi connectivity index (χ1v) is 9.72. The minimum absolute atomic E-state index is 0.0186. The summed E-state index contributed by atoms with van der Waals surface area (Å²) in [4.78, 5) is 26.7. The van der Waals surface area contributed by atoms with Gasteiger partial charge in [0, 0.05) is 5.39 Å². The molecule has 7 heteroatoms. The average Bonchev–Trinajstić information content (AvgIpc) is 2.74. The van der Waals surface area contributed by atoms with E-state index in [4.69, 9.17) is 17.0 Å². The van der Waals surface area contributed by atoms with Crippen LogP contribution in [0.15, 0.2) is 66.2 Å². The van der Waals surface area contributed by atoms with E-state index in [1.54, 1.807) is 18.2 Å². The van der Waals surface area contributed by atoms with Crippen molar-refractivity contribution in [2.75, 3.05) is 11.5 Å². The van der Waals surface area contributed by atoms with Crippen molar-refractivity contribution in [3.63, 3.8) is 0 Å². The number of hydrogen-bond acceptors (Lipinski definition) is 4. The predicted molar refractivity (Wildman–Crippen MR) is 118 cm³/mol. The fourth-order valence-corrected chi connectivity index (χ4v) is 3.64. The summed E-state index contributed by atoms with van der Waals surface area (Å²) in [6.07, 6.45) is 1.49. The summed E-state index contributed by atoms with van der Waals surface area (Å²) in [5, 5.41) is 3.99. The van der Waals surface area contributed by atoms with Gasteiger partial charge in [0.15, 0.2) is 5.11 Å². The molecule has 1 N–H and O–H groups in total. The summed E-state index contributed by atoms with van der Waals surface area (Å²) < 4.78 is 20.0. The molecule has 1 aliphatic heterocycles. The Morgan fingerprint density at radius 2 is 1.73 bits per heavy atom. The van der Waals surface area contributed by atoms with Crippen LogP contribution in [0.25, 0.3) is 16.8 Å². The summed E-state index contributed by atoms with van der Waals surface area (Å²) in [7, 11) is 0. The van der Waals surface area contributed by atoms with E-state index in [1.807, 2.05) is 31.2 Å². The van der Waals surface area contributed by atoms with E-state index in [0.717, 1.165) is 15.7 Å². The molecule has 1 fully saturated rings. The molecule has 30 heavy (non-hydrogen) atoms. The number of carbonyl (C=O) groups excluding carboxylic acids is 2. The number of para-hydroxylation sites is 1. The summed E-state index contributed by atoms with van der Waals surface area (Å²) in [6, 6.07) is 16.9. The molecular weight excluding hydrogens is 403 g/mol. The minimum atomic E-state index is -0.688. The third kappa shape index (κ3) is 3.44. The molecule has 1 heterocycles. The highest BCUT2D eigenvalue weighted by atomic mass is 32.1. The summed E-state index contributed by atoms with van der Waals surface area (Å²) in [6.45, 7) is 2.41. The maximum Gasteiger partial charge on any atom is 0.270 e. The molecule has 0 aromatic heterocycles. The first-order valence-electron chi connectivity index (χ1n) is 9.31. The van der Waals surface area contributed by atoms with Crippen molar-refractivity contribution in [2.45, 2.75) is 6.92 Å². The lowest BCUT2D eigenvalue weighted by atomic mass is 10.00. The normalized spacial score (nSPS) is 15.6. The van der Waals surface area contributed by atoms with Gasteiger partial charge in [0.25, 0.3) is 11.8 Å². The second-order valence-corrected chi connectivity index (χ2v) is 6.93. The van der Waals surface area contributed by atoms with Gasteiger partial charge in [-0.1, -0.05) is 42.5 Å². The highest BCUT2D eigenvalue weighted by Gasteiger charge is 2.35. The molecular formula is C23H17FN2O3S. The van der Waals surface area contributed by atoms with E-state index in [0.29, 0.717) is 17.9 Å². The number of halogens is 1. The highest BCUT2D eigenvalue weighted by molar-refractivity contribution is 7.80. The number of carbonyl (C=O) groups is 2. The van der Waals surface area contributed by atoms with Crippen LogP contribution >= 0.6 is 12.2 Å². The Kier molecular flexibility index (Phi) is 5.29. The van der Waals surface area contributed by atoms with Crippen molar-refractivity contribution >= 4 is 51.7 Å². The lowest BCUT2D eigenvalue weighted by Gasteiger charge is -2.29. The molecule has 0 aliphatic carbocycles. The summed E-state index contributed by atoms with van der Waals surface area (Å²) in [5.41, 5.74) is 0.505. The number of nitrogens with zero attached hydrogens (tertiary/aromatic N) is 1. The summed E-state index contributed by atoms with van der Waals surface area (Å²) in [5.74, 6) is -1.22. The minimum Gasteiger partial charge on any atom is -0.493 e. The van der Waals surface area contributed by atoms with Crippen molar-refractivity contribution in [3.05, 3.63) is 77.6 Å². The molecule has 0 saturated carbocycles. The maximum absolute atomic E-state index is 14.3. The molecule has 3 aromatic rings. The predicted octanol–water partition coefficient (Wildman–Crippen LogP) is 4.21. The number of nitrogens with one attached hydrogen (secondary N) is 1. The van der Waals surface area contributed by atoms with Crippen molar-refractivity contribution < 1.29 is 18.7 Å². The quantitative estimate of drug-likeness (QED) is 0.390. The Balaban J connectivity index is 1.83. The van der Waals surface area contributed by atoms with E-state index in [1.165, 1.54) is 24.3 Å². The molecule has 5 nitrogen and oxygen atoms in total. The SMILES string of the molecule is CCOc1ccc(C=C2C(=O)NC(=S)N(c3ccccc3F)C2=O)c2ccccc12. The zero-order valence-electron chi connectivity index (χ0n) is 16.0. The number of anilines is 1. The van der Waals surface area contributed by atoms with Gasteiger partial charge in [-0.3, -0.25) is 14.9 Å². The maximum atomic E-state index is 14.3. The zero-order valence-corrected chi connectivity index (χ0v) is 16.8. The van der Waals surface area contributed by atoms with Crippen LogP contribution in [0.2, 0.25) is 0 Å². The van der Waals surface area contributed by atoms with Gasteiger partial charge in [0.2, 0.25) is 0 Å². The second kappa shape index (κ2) is 8.04. The Morgan fingerprint density at radius 3 is 2.47 bits per heavy atom. The zero-order chi connectivity index (χ0) is 21.3. The highest BCUT2D eigenvalue weighted by Crippen LogP contribution is 2.31. The third-order valence-corrected chi connectivity index (χ3v) is 5.00.